The van der Waals surface area contributed by atoms with E-state index in [1.54, 1.807) is 19.2 Å². The van der Waals surface area contributed by atoms with Crippen LogP contribution in [0.2, 0.25) is 0 Å². The van der Waals surface area contributed by atoms with Crippen molar-refractivity contribution in [3.63, 3.8) is 0 Å². The first kappa shape index (κ1) is 10.0. The van der Waals surface area contributed by atoms with Crippen molar-refractivity contribution in [2.24, 2.45) is 0 Å². The predicted molar refractivity (Wildman–Crippen MR) is 60.7 cm³/mol. The molecular formula is C10H10N2O2S. The molecule has 0 aliphatic rings. The predicted octanol–water partition coefficient (Wildman–Crippen LogP) is 1.65. The lowest BCUT2D eigenvalue weighted by Gasteiger charge is -2.06. The summed E-state index contributed by atoms with van der Waals surface area (Å²) >= 11 is 1.54. The van der Waals surface area contributed by atoms with Gasteiger partial charge >= 0.3 is 0 Å². The highest BCUT2D eigenvalue weighted by Crippen LogP contribution is 2.29. The van der Waals surface area contributed by atoms with Gasteiger partial charge in [0.1, 0.15) is 5.75 Å². The number of aromatic nitrogens is 2. The maximum Gasteiger partial charge on any atom is 0.258 e. The molecule has 0 atom stereocenters. The van der Waals surface area contributed by atoms with Gasteiger partial charge in [-0.15, -0.1) is 11.8 Å². The van der Waals surface area contributed by atoms with Gasteiger partial charge in [0.05, 0.1) is 29.2 Å². The summed E-state index contributed by atoms with van der Waals surface area (Å²) in [5.41, 5.74) is 0.520. The summed E-state index contributed by atoms with van der Waals surface area (Å²) in [5, 5.41) is 0.586. The summed E-state index contributed by atoms with van der Waals surface area (Å²) in [6.45, 7) is 0. The number of methoxy groups -OCH3 is 1. The molecule has 5 heteroatoms. The Kier molecular flexibility index (Phi) is 2.64. The molecule has 0 aliphatic heterocycles. The van der Waals surface area contributed by atoms with Gasteiger partial charge in [-0.3, -0.25) is 4.79 Å². The van der Waals surface area contributed by atoms with Crippen LogP contribution in [0.5, 0.6) is 5.75 Å². The van der Waals surface area contributed by atoms with E-state index >= 15 is 0 Å². The van der Waals surface area contributed by atoms with Crippen LogP contribution in [0.25, 0.3) is 10.9 Å². The Morgan fingerprint density at radius 3 is 2.93 bits per heavy atom. The number of rotatable bonds is 2. The number of ether oxygens (including phenoxy) is 1. The summed E-state index contributed by atoms with van der Waals surface area (Å²) in [5.74, 6) is 0.744. The van der Waals surface area contributed by atoms with Gasteiger partial charge in [0.15, 0.2) is 0 Å². The van der Waals surface area contributed by atoms with Gasteiger partial charge in [-0.2, -0.15) is 0 Å². The molecule has 1 N–H and O–H groups in total. The number of nitrogens with one attached hydrogen (secondary N) is 1. The van der Waals surface area contributed by atoms with E-state index < -0.39 is 0 Å². The molecule has 0 fully saturated rings. The van der Waals surface area contributed by atoms with E-state index in [0.717, 1.165) is 10.6 Å². The SMILES string of the molecule is COc1cc2nc[nH]c(=O)c2cc1SC. The maximum atomic E-state index is 11.5. The zero-order valence-corrected chi connectivity index (χ0v) is 9.22. The number of nitrogens with zero attached hydrogens (tertiary/aromatic N) is 1. The lowest BCUT2D eigenvalue weighted by molar-refractivity contribution is 0.405. The first-order valence-electron chi connectivity index (χ1n) is 4.35. The molecule has 2 aromatic rings. The first-order valence-corrected chi connectivity index (χ1v) is 5.58. The minimum absolute atomic E-state index is 0.127. The molecule has 0 radical (unpaired) electrons. The monoisotopic (exact) mass is 222 g/mol. The van der Waals surface area contributed by atoms with Crippen LogP contribution in [0.3, 0.4) is 0 Å². The lowest BCUT2D eigenvalue weighted by atomic mass is 10.2. The van der Waals surface area contributed by atoms with Crippen LogP contribution >= 0.6 is 11.8 Å². The highest BCUT2D eigenvalue weighted by atomic mass is 32.2. The van der Waals surface area contributed by atoms with Crippen molar-refractivity contribution in [1.82, 2.24) is 9.97 Å². The third kappa shape index (κ3) is 1.70. The molecule has 1 heterocycles. The van der Waals surface area contributed by atoms with Gasteiger partial charge in [0.25, 0.3) is 5.56 Å². The minimum Gasteiger partial charge on any atom is -0.496 e. The first-order chi connectivity index (χ1) is 7.26. The molecule has 0 aliphatic carbocycles. The van der Waals surface area contributed by atoms with Crippen LogP contribution in [-0.2, 0) is 0 Å². The second-order valence-corrected chi connectivity index (χ2v) is 3.80. The van der Waals surface area contributed by atoms with E-state index in [9.17, 15) is 4.79 Å². The van der Waals surface area contributed by atoms with Crippen molar-refractivity contribution in [2.45, 2.75) is 4.90 Å². The summed E-state index contributed by atoms with van der Waals surface area (Å²) in [6, 6.07) is 3.57. The Balaban J connectivity index is 2.81. The normalized spacial score (nSPS) is 10.5. The zero-order chi connectivity index (χ0) is 10.8. The quantitative estimate of drug-likeness (QED) is 0.785. The van der Waals surface area contributed by atoms with Crippen LogP contribution in [-0.4, -0.2) is 23.3 Å². The molecule has 0 saturated carbocycles. The summed E-state index contributed by atoms with van der Waals surface area (Å²) in [4.78, 5) is 19.1. The highest BCUT2D eigenvalue weighted by molar-refractivity contribution is 7.98. The Labute approximate surface area is 90.7 Å². The van der Waals surface area contributed by atoms with Crippen molar-refractivity contribution in [3.8, 4) is 5.75 Å². The standard InChI is InChI=1S/C10H10N2O2S/c1-14-8-4-7-6(3-9(8)15-2)10(13)12-5-11-7/h3-5H,1-2H3,(H,11,12,13). The van der Waals surface area contributed by atoms with E-state index in [1.807, 2.05) is 6.26 Å². The Bertz CT molecular complexity index is 551. The number of thioether (sulfide) groups is 1. The van der Waals surface area contributed by atoms with Gasteiger partial charge < -0.3 is 9.72 Å². The molecule has 15 heavy (non-hydrogen) atoms. The highest BCUT2D eigenvalue weighted by Gasteiger charge is 2.07. The topological polar surface area (TPSA) is 55.0 Å². The molecule has 0 saturated heterocycles. The van der Waals surface area contributed by atoms with Gasteiger partial charge in [-0.25, -0.2) is 4.98 Å². The third-order valence-electron chi connectivity index (χ3n) is 2.15. The van der Waals surface area contributed by atoms with Gasteiger partial charge in [0.2, 0.25) is 0 Å². The van der Waals surface area contributed by atoms with Gasteiger partial charge in [0, 0.05) is 6.07 Å². The van der Waals surface area contributed by atoms with Gasteiger partial charge in [-0.1, -0.05) is 0 Å². The molecule has 78 valence electrons. The van der Waals surface area contributed by atoms with Crippen molar-refractivity contribution in [1.29, 1.82) is 0 Å². The average molecular weight is 222 g/mol. The Morgan fingerprint density at radius 1 is 1.47 bits per heavy atom. The average Bonchev–Trinajstić information content (AvgIpc) is 2.28. The molecule has 2 rings (SSSR count). The number of hydrogen-bond donors (Lipinski definition) is 1. The van der Waals surface area contributed by atoms with Crippen LogP contribution in [0.4, 0.5) is 0 Å². The second kappa shape index (κ2) is 3.94. The van der Waals surface area contributed by atoms with E-state index in [2.05, 4.69) is 9.97 Å². The Morgan fingerprint density at radius 2 is 2.27 bits per heavy atom. The summed E-state index contributed by atoms with van der Waals surface area (Å²) in [7, 11) is 1.61. The fourth-order valence-corrected chi connectivity index (χ4v) is 1.97. The molecule has 0 amide bonds. The van der Waals surface area contributed by atoms with E-state index in [1.165, 1.54) is 18.1 Å². The molecule has 4 nitrogen and oxygen atoms in total. The van der Waals surface area contributed by atoms with Crippen molar-refractivity contribution < 1.29 is 4.74 Å². The van der Waals surface area contributed by atoms with E-state index in [4.69, 9.17) is 4.74 Å². The van der Waals surface area contributed by atoms with E-state index in [-0.39, 0.29) is 5.56 Å². The molecule has 1 aromatic carbocycles. The lowest BCUT2D eigenvalue weighted by Crippen LogP contribution is -2.06. The molecular weight excluding hydrogens is 212 g/mol. The number of H-pyrrole nitrogens is 1. The smallest absolute Gasteiger partial charge is 0.258 e. The van der Waals surface area contributed by atoms with Crippen LogP contribution < -0.4 is 10.3 Å². The summed E-state index contributed by atoms with van der Waals surface area (Å²) in [6.07, 6.45) is 3.33. The van der Waals surface area contributed by atoms with Crippen molar-refractivity contribution in [2.75, 3.05) is 13.4 Å². The number of hydrogen-bond acceptors (Lipinski definition) is 4. The largest absolute Gasteiger partial charge is 0.496 e. The van der Waals surface area contributed by atoms with Crippen LogP contribution in [0.15, 0.2) is 28.2 Å². The summed E-state index contributed by atoms with van der Waals surface area (Å²) < 4.78 is 5.21. The van der Waals surface area contributed by atoms with E-state index in [0.29, 0.717) is 10.9 Å². The number of fused-ring (bicyclic) bond motifs is 1. The van der Waals surface area contributed by atoms with Crippen molar-refractivity contribution in [3.05, 3.63) is 28.8 Å². The maximum absolute atomic E-state index is 11.5. The molecule has 0 spiro atoms. The fourth-order valence-electron chi connectivity index (χ4n) is 1.40. The zero-order valence-electron chi connectivity index (χ0n) is 8.40. The molecule has 0 bridgehead atoms. The number of aromatic amines is 1. The third-order valence-corrected chi connectivity index (χ3v) is 2.90. The molecule has 0 unspecified atom stereocenters. The fraction of sp³-hybridized carbons (Fsp3) is 0.200. The minimum atomic E-state index is -0.127. The Hall–Kier alpha value is -1.49. The van der Waals surface area contributed by atoms with Crippen LogP contribution in [0.1, 0.15) is 0 Å². The van der Waals surface area contributed by atoms with Crippen LogP contribution in [0, 0.1) is 0 Å². The second-order valence-electron chi connectivity index (χ2n) is 2.96. The number of benzene rings is 1. The van der Waals surface area contributed by atoms with Crippen molar-refractivity contribution >= 4 is 22.7 Å². The van der Waals surface area contributed by atoms with Gasteiger partial charge in [-0.05, 0) is 12.3 Å². The molecule has 1 aromatic heterocycles.